The number of ether oxygens (including phenoxy) is 2. The van der Waals surface area contributed by atoms with Crippen LogP contribution >= 0.6 is 0 Å². The maximum Gasteiger partial charge on any atom is 0.410 e. The first-order chi connectivity index (χ1) is 14.8. The quantitative estimate of drug-likeness (QED) is 0.648. The number of carbonyl (C=O) groups is 2. The average Bonchev–Trinajstić information content (AvgIpc) is 2.76. The summed E-state index contributed by atoms with van der Waals surface area (Å²) in [6, 6.07) is 16.7. The third-order valence-corrected chi connectivity index (χ3v) is 4.80. The molecule has 166 valence electrons. The van der Waals surface area contributed by atoms with Gasteiger partial charge in [0.25, 0.3) is 0 Å². The zero-order valence-corrected chi connectivity index (χ0v) is 16.8. The van der Waals surface area contributed by atoms with E-state index in [1.54, 1.807) is 48.5 Å². The molecular weight excluding hydrogens is 413 g/mol. The molecule has 1 atom stereocenters. The van der Waals surface area contributed by atoms with Gasteiger partial charge in [-0.15, -0.1) is 0 Å². The van der Waals surface area contributed by atoms with Gasteiger partial charge >= 0.3 is 18.2 Å². The monoisotopic (exact) mass is 436 g/mol. The van der Waals surface area contributed by atoms with E-state index in [2.05, 4.69) is 0 Å². The van der Waals surface area contributed by atoms with Crippen molar-refractivity contribution in [1.82, 2.24) is 9.80 Å². The second kappa shape index (κ2) is 10.3. The lowest BCUT2D eigenvalue weighted by Crippen LogP contribution is -2.59. The maximum atomic E-state index is 12.8. The number of hydrogen-bond acceptors (Lipinski definition) is 5. The molecule has 1 amide bonds. The average molecular weight is 436 g/mol. The van der Waals surface area contributed by atoms with E-state index in [4.69, 9.17) is 9.47 Å². The molecule has 0 N–H and O–H groups in total. The second-order valence-corrected chi connectivity index (χ2v) is 7.19. The van der Waals surface area contributed by atoms with Crippen molar-refractivity contribution in [3.05, 3.63) is 71.8 Å². The molecule has 6 nitrogen and oxygen atoms in total. The van der Waals surface area contributed by atoms with E-state index in [9.17, 15) is 22.8 Å². The largest absolute Gasteiger partial charge is 0.459 e. The molecule has 0 bridgehead atoms. The van der Waals surface area contributed by atoms with Crippen LogP contribution < -0.4 is 0 Å². The van der Waals surface area contributed by atoms with Gasteiger partial charge in [0.15, 0.2) is 0 Å². The normalized spacial score (nSPS) is 17.3. The highest BCUT2D eigenvalue weighted by Gasteiger charge is 2.41. The van der Waals surface area contributed by atoms with Gasteiger partial charge in [-0.25, -0.2) is 9.59 Å². The molecular formula is C22H23F3N2O4. The number of amides is 1. The minimum atomic E-state index is -4.41. The highest BCUT2D eigenvalue weighted by atomic mass is 19.4. The van der Waals surface area contributed by atoms with E-state index in [1.165, 1.54) is 0 Å². The lowest BCUT2D eigenvalue weighted by atomic mass is 10.1. The van der Waals surface area contributed by atoms with E-state index in [-0.39, 0.29) is 32.8 Å². The highest BCUT2D eigenvalue weighted by molar-refractivity contribution is 5.82. The minimum Gasteiger partial charge on any atom is -0.459 e. The van der Waals surface area contributed by atoms with Gasteiger partial charge in [-0.1, -0.05) is 60.7 Å². The molecule has 1 aliphatic heterocycles. The molecule has 0 radical (unpaired) electrons. The van der Waals surface area contributed by atoms with Crippen molar-refractivity contribution in [2.75, 3.05) is 26.2 Å². The van der Waals surface area contributed by atoms with Crippen LogP contribution in [0.4, 0.5) is 18.0 Å². The van der Waals surface area contributed by atoms with Crippen molar-refractivity contribution >= 4 is 12.1 Å². The third kappa shape index (κ3) is 6.99. The zero-order chi connectivity index (χ0) is 22.3. The van der Waals surface area contributed by atoms with E-state index in [0.717, 1.165) is 20.9 Å². The van der Waals surface area contributed by atoms with E-state index in [1.807, 2.05) is 12.1 Å². The van der Waals surface area contributed by atoms with Crippen LogP contribution in [0.15, 0.2) is 60.7 Å². The summed E-state index contributed by atoms with van der Waals surface area (Å²) in [6.07, 6.45) is -5.17. The molecule has 0 aromatic heterocycles. The fourth-order valence-corrected chi connectivity index (χ4v) is 3.28. The first kappa shape index (κ1) is 22.6. The molecule has 0 spiro atoms. The van der Waals surface area contributed by atoms with Crippen LogP contribution in [0.2, 0.25) is 0 Å². The van der Waals surface area contributed by atoms with Gasteiger partial charge in [-0.2, -0.15) is 13.2 Å². The lowest BCUT2D eigenvalue weighted by molar-refractivity contribution is -0.163. The summed E-state index contributed by atoms with van der Waals surface area (Å²) in [6.45, 7) is -1.59. The molecule has 9 heteroatoms. The molecule has 1 fully saturated rings. The van der Waals surface area contributed by atoms with Crippen LogP contribution in [0.25, 0.3) is 0 Å². The Hall–Kier alpha value is -3.07. The van der Waals surface area contributed by atoms with Crippen LogP contribution in [0.3, 0.4) is 0 Å². The Kier molecular flexibility index (Phi) is 7.51. The Morgan fingerprint density at radius 2 is 1.42 bits per heavy atom. The van der Waals surface area contributed by atoms with Gasteiger partial charge < -0.3 is 9.47 Å². The fraction of sp³-hybridized carbons (Fsp3) is 0.364. The summed E-state index contributed by atoms with van der Waals surface area (Å²) in [4.78, 5) is 27.5. The fourth-order valence-electron chi connectivity index (χ4n) is 3.28. The first-order valence-electron chi connectivity index (χ1n) is 9.79. The Labute approximate surface area is 178 Å². The molecule has 1 saturated heterocycles. The van der Waals surface area contributed by atoms with Gasteiger partial charge in [0.2, 0.25) is 0 Å². The first-order valence-corrected chi connectivity index (χ1v) is 9.79. The highest BCUT2D eigenvalue weighted by Crippen LogP contribution is 2.21. The van der Waals surface area contributed by atoms with Crippen molar-refractivity contribution in [2.45, 2.75) is 25.4 Å². The van der Waals surface area contributed by atoms with Gasteiger partial charge in [-0.3, -0.25) is 9.80 Å². The van der Waals surface area contributed by atoms with Gasteiger partial charge in [0.1, 0.15) is 19.3 Å². The summed E-state index contributed by atoms with van der Waals surface area (Å²) in [5, 5.41) is 0. The van der Waals surface area contributed by atoms with Gasteiger partial charge in [0, 0.05) is 19.6 Å². The summed E-state index contributed by atoms with van der Waals surface area (Å²) in [7, 11) is 0. The summed E-state index contributed by atoms with van der Waals surface area (Å²) < 4.78 is 49.1. The van der Waals surface area contributed by atoms with E-state index >= 15 is 0 Å². The van der Waals surface area contributed by atoms with Crippen molar-refractivity contribution < 1.29 is 32.2 Å². The van der Waals surface area contributed by atoms with Gasteiger partial charge in [0.05, 0.1) is 6.54 Å². The van der Waals surface area contributed by atoms with Crippen LogP contribution in [-0.4, -0.2) is 60.3 Å². The van der Waals surface area contributed by atoms with Crippen LogP contribution in [0.5, 0.6) is 0 Å². The Morgan fingerprint density at radius 3 is 1.97 bits per heavy atom. The predicted molar refractivity (Wildman–Crippen MR) is 106 cm³/mol. The zero-order valence-electron chi connectivity index (χ0n) is 16.8. The maximum absolute atomic E-state index is 12.8. The molecule has 1 heterocycles. The number of carbonyl (C=O) groups excluding carboxylic acids is 2. The molecule has 31 heavy (non-hydrogen) atoms. The summed E-state index contributed by atoms with van der Waals surface area (Å²) >= 11 is 0. The smallest absolute Gasteiger partial charge is 0.410 e. The Bertz CT molecular complexity index is 862. The number of benzene rings is 2. The summed E-state index contributed by atoms with van der Waals surface area (Å²) in [5.74, 6) is -0.771. The number of hydrogen-bond donors (Lipinski definition) is 0. The molecule has 0 aliphatic carbocycles. The minimum absolute atomic E-state index is 0.00573. The number of esters is 1. The number of nitrogens with zero attached hydrogens (tertiary/aromatic N) is 2. The van der Waals surface area contributed by atoms with Crippen molar-refractivity contribution in [3.63, 3.8) is 0 Å². The lowest BCUT2D eigenvalue weighted by Gasteiger charge is -2.39. The Morgan fingerprint density at radius 1 is 0.871 bits per heavy atom. The number of alkyl halides is 3. The SMILES string of the molecule is O=C(OCc1ccccc1)C1CN(CC(F)(F)F)CCN1C(=O)OCc1ccccc1. The predicted octanol–water partition coefficient (Wildman–Crippen LogP) is 3.62. The van der Waals surface area contributed by atoms with Crippen molar-refractivity contribution in [2.24, 2.45) is 0 Å². The number of piperazine rings is 1. The Balaban J connectivity index is 1.66. The number of halogens is 3. The molecule has 0 saturated carbocycles. The standard InChI is InChI=1S/C22H23F3N2O4/c23-22(24,25)16-26-11-12-27(21(29)31-15-18-9-5-2-6-10-18)19(13-26)20(28)30-14-17-7-3-1-4-8-17/h1-10,19H,11-16H2. The summed E-state index contributed by atoms with van der Waals surface area (Å²) in [5.41, 5.74) is 1.49. The van der Waals surface area contributed by atoms with E-state index in [0.29, 0.717) is 0 Å². The van der Waals surface area contributed by atoms with Crippen LogP contribution in [0.1, 0.15) is 11.1 Å². The van der Waals surface area contributed by atoms with Crippen molar-refractivity contribution in [1.29, 1.82) is 0 Å². The van der Waals surface area contributed by atoms with Crippen molar-refractivity contribution in [3.8, 4) is 0 Å². The topological polar surface area (TPSA) is 59.1 Å². The van der Waals surface area contributed by atoms with Crippen LogP contribution in [-0.2, 0) is 27.5 Å². The van der Waals surface area contributed by atoms with Gasteiger partial charge in [-0.05, 0) is 11.1 Å². The van der Waals surface area contributed by atoms with E-state index < -0.39 is 30.8 Å². The third-order valence-electron chi connectivity index (χ3n) is 4.80. The molecule has 2 aromatic rings. The second-order valence-electron chi connectivity index (χ2n) is 7.19. The molecule has 1 aliphatic rings. The number of rotatable bonds is 6. The molecule has 1 unspecified atom stereocenters. The van der Waals surface area contributed by atoms with Crippen LogP contribution in [0, 0.1) is 0 Å². The molecule has 2 aromatic carbocycles. The molecule has 3 rings (SSSR count).